The van der Waals surface area contributed by atoms with Gasteiger partial charge in [0.15, 0.2) is 0 Å². The summed E-state index contributed by atoms with van der Waals surface area (Å²) >= 11 is 0. The number of imidazole rings is 1. The number of amides is 1. The third-order valence-electron chi connectivity index (χ3n) is 8.67. The summed E-state index contributed by atoms with van der Waals surface area (Å²) in [4.78, 5) is 23.1. The second-order valence-corrected chi connectivity index (χ2v) is 13.3. The van der Waals surface area contributed by atoms with Crippen molar-refractivity contribution in [2.45, 2.75) is 77.0 Å². The van der Waals surface area contributed by atoms with Crippen LogP contribution in [-0.4, -0.2) is 47.4 Å². The molecule has 6 rings (SSSR count). The van der Waals surface area contributed by atoms with E-state index < -0.39 is 66.4 Å². The fourth-order valence-electron chi connectivity index (χ4n) is 6.75. The molecule has 51 heavy (non-hydrogen) atoms. The fraction of sp³-hybridized carbons (Fsp3) is 0.351. The van der Waals surface area contributed by atoms with E-state index in [1.807, 2.05) is 0 Å². The quantitative estimate of drug-likeness (QED) is 0.126. The number of nitrogens with one attached hydrogen (secondary N) is 1. The Morgan fingerprint density at radius 3 is 2.57 bits per heavy atom. The van der Waals surface area contributed by atoms with Gasteiger partial charge in [-0.25, -0.2) is 18.7 Å². The molecule has 0 radical (unpaired) electrons. The minimum Gasteiger partial charge on any atom is -0.382 e. The van der Waals surface area contributed by atoms with Gasteiger partial charge in [0.1, 0.15) is 46.8 Å². The van der Waals surface area contributed by atoms with Crippen molar-refractivity contribution in [1.29, 1.82) is 0 Å². The lowest BCUT2D eigenvalue weighted by Crippen LogP contribution is -2.35. The second-order valence-electron chi connectivity index (χ2n) is 13.3. The molecule has 4 aromatic heterocycles. The highest BCUT2D eigenvalue weighted by Gasteiger charge is 2.48. The first-order chi connectivity index (χ1) is 24.0. The van der Waals surface area contributed by atoms with Crippen molar-refractivity contribution in [3.05, 3.63) is 99.9 Å². The lowest BCUT2D eigenvalue weighted by molar-refractivity contribution is -0.122. The van der Waals surface area contributed by atoms with Gasteiger partial charge in [-0.15, -0.1) is 0 Å². The molecule has 0 aliphatic heterocycles. The number of nitrogens with two attached hydrogens (primary N) is 1. The number of carbonyl (C=O) groups is 1. The number of aliphatic hydroxyl groups is 1. The van der Waals surface area contributed by atoms with E-state index in [-0.39, 0.29) is 46.9 Å². The van der Waals surface area contributed by atoms with Crippen molar-refractivity contribution in [3.8, 4) is 23.1 Å². The van der Waals surface area contributed by atoms with Crippen LogP contribution in [0.3, 0.4) is 0 Å². The molecule has 1 amide bonds. The van der Waals surface area contributed by atoms with Crippen LogP contribution >= 0.6 is 0 Å². The number of anilines is 1. The van der Waals surface area contributed by atoms with Gasteiger partial charge in [-0.1, -0.05) is 18.9 Å². The summed E-state index contributed by atoms with van der Waals surface area (Å²) in [5, 5.41) is 17.3. The maximum Gasteiger partial charge on any atom is 0.290 e. The zero-order valence-corrected chi connectivity index (χ0v) is 28.4. The number of rotatable bonds is 9. The van der Waals surface area contributed by atoms with Gasteiger partial charge in [0.25, 0.3) is 5.92 Å². The van der Waals surface area contributed by atoms with Gasteiger partial charge in [-0.2, -0.15) is 13.9 Å². The zero-order valence-electron chi connectivity index (χ0n) is 28.4. The van der Waals surface area contributed by atoms with Crippen molar-refractivity contribution in [3.63, 3.8) is 0 Å². The summed E-state index contributed by atoms with van der Waals surface area (Å²) in [6, 6.07) is 10.5. The van der Waals surface area contributed by atoms with E-state index in [1.165, 1.54) is 13.8 Å². The highest BCUT2D eigenvalue weighted by molar-refractivity contribution is 5.78. The van der Waals surface area contributed by atoms with Gasteiger partial charge in [0.05, 0.1) is 35.3 Å². The average Bonchev–Trinajstić information content (AvgIpc) is 3.63. The van der Waals surface area contributed by atoms with Gasteiger partial charge in [-0.3, -0.25) is 18.3 Å². The molecular formula is C37H36F5N7O2. The average molecular weight is 706 g/mol. The number of alkyl halides is 3. The van der Waals surface area contributed by atoms with Crippen molar-refractivity contribution in [2.24, 2.45) is 0 Å². The summed E-state index contributed by atoms with van der Waals surface area (Å²) < 4.78 is 75.5. The molecule has 1 aromatic carbocycles. The Kier molecular flexibility index (Phi) is 9.37. The second kappa shape index (κ2) is 13.4. The molecule has 1 unspecified atom stereocenters. The highest BCUT2D eigenvalue weighted by atomic mass is 19.3. The fourth-order valence-corrected chi connectivity index (χ4v) is 6.75. The molecule has 0 saturated carbocycles. The number of hydrogen-bond acceptors (Lipinski definition) is 6. The Bertz CT molecular complexity index is 2190. The number of halogens is 5. The van der Waals surface area contributed by atoms with Crippen LogP contribution in [0.15, 0.2) is 48.5 Å². The molecule has 266 valence electrons. The summed E-state index contributed by atoms with van der Waals surface area (Å²) in [6.07, 6.45) is -0.855. The summed E-state index contributed by atoms with van der Waals surface area (Å²) in [5.74, 6) is 0.0450. The Morgan fingerprint density at radius 1 is 1.16 bits per heavy atom. The van der Waals surface area contributed by atoms with E-state index in [2.05, 4.69) is 27.2 Å². The number of nitrogens with zero attached hydrogens (tertiary/aromatic N) is 5. The molecule has 0 fully saturated rings. The molecule has 14 heteroatoms. The van der Waals surface area contributed by atoms with Crippen LogP contribution in [-0.2, 0) is 30.1 Å². The van der Waals surface area contributed by atoms with E-state index >= 15 is 8.78 Å². The Hall–Kier alpha value is -5.29. The minimum atomic E-state index is -3.29. The first kappa shape index (κ1) is 35.5. The first-order valence-corrected chi connectivity index (χ1v) is 16.3. The van der Waals surface area contributed by atoms with Crippen molar-refractivity contribution < 1.29 is 31.9 Å². The number of nitrogen functional groups attached to an aromatic ring is 1. The van der Waals surface area contributed by atoms with Crippen molar-refractivity contribution in [1.82, 2.24) is 29.5 Å². The van der Waals surface area contributed by atoms with E-state index in [0.29, 0.717) is 22.6 Å². The van der Waals surface area contributed by atoms with E-state index in [4.69, 9.17) is 10.7 Å². The Balaban J connectivity index is 1.49. The maximum atomic E-state index is 15.2. The molecule has 4 N–H and O–H groups in total. The molecule has 1 aliphatic rings. The Labute approximate surface area is 290 Å². The largest absolute Gasteiger partial charge is 0.382 e. The molecule has 5 aromatic rings. The normalized spacial score (nSPS) is 15.8. The molecule has 0 saturated heterocycles. The molecule has 4 heterocycles. The van der Waals surface area contributed by atoms with Crippen LogP contribution in [0.25, 0.3) is 16.8 Å². The Morgan fingerprint density at radius 2 is 1.88 bits per heavy atom. The number of carbonyl (C=O) groups excluding carboxylic acids is 1. The molecule has 0 spiro atoms. The lowest BCUT2D eigenvalue weighted by atomic mass is 9.96. The van der Waals surface area contributed by atoms with Gasteiger partial charge in [-0.05, 0) is 81.0 Å². The van der Waals surface area contributed by atoms with Gasteiger partial charge >= 0.3 is 0 Å². The smallest absolute Gasteiger partial charge is 0.290 e. The summed E-state index contributed by atoms with van der Waals surface area (Å²) in [6.45, 7) is 4.91. The topological polar surface area (TPSA) is 123 Å². The molecule has 1 aliphatic carbocycles. The van der Waals surface area contributed by atoms with E-state index in [1.54, 1.807) is 48.6 Å². The van der Waals surface area contributed by atoms with Crippen LogP contribution in [0, 0.1) is 30.4 Å². The van der Waals surface area contributed by atoms with Gasteiger partial charge in [0.2, 0.25) is 5.91 Å². The summed E-state index contributed by atoms with van der Waals surface area (Å²) in [5.41, 5.74) is 7.04. The highest BCUT2D eigenvalue weighted by Crippen LogP contribution is 2.49. The van der Waals surface area contributed by atoms with Crippen LogP contribution in [0.4, 0.5) is 27.8 Å². The number of aromatic nitrogens is 5. The standard InChI is InChI=1S/C37H36F5N7O2/c1-20-18-37(41,42)34-32(20)27(11-13-38)47-48(34)19-31(50)46-28(16-22-14-23(39)17-24(40)15-22)33-26(9-8-25(45-33)10-12-36(3,4)51)29-6-5-7-30-35(43)44-21(2)49(29)30/h5-9,14-15,17,20,28,51H,11,13,16,18-19,43H2,1-4H3,(H,46,50)/t20-,28?/m0/s1. The number of fused-ring (bicyclic) bond motifs is 2. The van der Waals surface area contributed by atoms with E-state index in [0.717, 1.165) is 22.9 Å². The third kappa shape index (κ3) is 7.30. The van der Waals surface area contributed by atoms with Crippen molar-refractivity contribution in [2.75, 3.05) is 12.4 Å². The summed E-state index contributed by atoms with van der Waals surface area (Å²) in [7, 11) is 0. The van der Waals surface area contributed by atoms with Gasteiger partial charge in [0, 0.05) is 30.0 Å². The number of aryl methyl sites for hydroxylation is 2. The number of pyridine rings is 2. The zero-order chi connectivity index (χ0) is 36.8. The van der Waals surface area contributed by atoms with Crippen LogP contribution < -0.4 is 11.1 Å². The molecule has 0 bridgehead atoms. The first-order valence-electron chi connectivity index (χ1n) is 16.3. The van der Waals surface area contributed by atoms with Crippen LogP contribution in [0.5, 0.6) is 0 Å². The maximum absolute atomic E-state index is 15.2. The SMILES string of the molecule is Cc1nc(N)c2cccc(-c3ccc(C#CC(C)(C)O)nc3C(Cc3cc(F)cc(F)c3)NC(=O)Cn3nc(CCF)c4c3C(F)(F)C[C@@H]4C)n12. The van der Waals surface area contributed by atoms with Crippen LogP contribution in [0.2, 0.25) is 0 Å². The molecule has 2 atom stereocenters. The minimum absolute atomic E-state index is 0.168. The van der Waals surface area contributed by atoms with Gasteiger partial charge < -0.3 is 16.2 Å². The van der Waals surface area contributed by atoms with Crippen molar-refractivity contribution >= 4 is 17.2 Å². The van der Waals surface area contributed by atoms with Crippen LogP contribution in [0.1, 0.15) is 78.9 Å². The third-order valence-corrected chi connectivity index (χ3v) is 8.67. The number of benzene rings is 1. The predicted molar refractivity (Wildman–Crippen MR) is 181 cm³/mol. The lowest BCUT2D eigenvalue weighted by Gasteiger charge is -2.23. The van der Waals surface area contributed by atoms with E-state index in [9.17, 15) is 23.1 Å². The molecule has 9 nitrogen and oxygen atoms in total. The predicted octanol–water partition coefficient (Wildman–Crippen LogP) is 6.10. The number of hydrogen-bond donors (Lipinski definition) is 3. The molecular weight excluding hydrogens is 669 g/mol. The monoisotopic (exact) mass is 705 g/mol.